The van der Waals surface area contributed by atoms with E-state index in [9.17, 15) is 17.6 Å². The summed E-state index contributed by atoms with van der Waals surface area (Å²) in [5.41, 5.74) is 1.61. The minimum absolute atomic E-state index is 0.192. The van der Waals surface area contributed by atoms with E-state index in [1.54, 1.807) is 29.5 Å². The Morgan fingerprint density at radius 2 is 1.93 bits per heavy atom. The van der Waals surface area contributed by atoms with Crippen LogP contribution in [0.1, 0.15) is 35.1 Å². The van der Waals surface area contributed by atoms with Gasteiger partial charge in [0.1, 0.15) is 5.82 Å². The predicted molar refractivity (Wildman–Crippen MR) is 114 cm³/mol. The van der Waals surface area contributed by atoms with E-state index in [1.807, 2.05) is 5.38 Å². The summed E-state index contributed by atoms with van der Waals surface area (Å²) in [6.07, 6.45) is 0.970. The summed E-state index contributed by atoms with van der Waals surface area (Å²) in [5, 5.41) is 5.89. The van der Waals surface area contributed by atoms with Gasteiger partial charge in [-0.25, -0.2) is 17.8 Å². The molecule has 0 unspecified atom stereocenters. The first kappa shape index (κ1) is 21.4. The van der Waals surface area contributed by atoms with Gasteiger partial charge in [0.15, 0.2) is 9.84 Å². The lowest BCUT2D eigenvalue weighted by molar-refractivity contribution is 0.102. The molecule has 0 atom stereocenters. The van der Waals surface area contributed by atoms with Gasteiger partial charge in [0.2, 0.25) is 0 Å². The number of hydrogen-bond acceptors (Lipinski definition) is 5. The minimum atomic E-state index is -3.56. The number of sulfone groups is 1. The SMILES string of the molecule is CC(C)c1nc(-c2ccc(NC(=O)c3ccc(S(C)(=O)=O)cc3F)cc2Cl)cs1. The van der Waals surface area contributed by atoms with Crippen LogP contribution in [-0.2, 0) is 9.84 Å². The number of hydrogen-bond donors (Lipinski definition) is 1. The molecule has 9 heteroatoms. The van der Waals surface area contributed by atoms with Crippen LogP contribution >= 0.6 is 22.9 Å². The van der Waals surface area contributed by atoms with Gasteiger partial charge in [-0.2, -0.15) is 0 Å². The molecule has 0 aliphatic rings. The fourth-order valence-electron chi connectivity index (χ4n) is 2.59. The van der Waals surface area contributed by atoms with Crippen LogP contribution in [0.25, 0.3) is 11.3 Å². The number of amides is 1. The zero-order chi connectivity index (χ0) is 21.3. The third-order valence-corrected chi connectivity index (χ3v) is 6.70. The van der Waals surface area contributed by atoms with Gasteiger partial charge < -0.3 is 5.32 Å². The Morgan fingerprint density at radius 3 is 2.48 bits per heavy atom. The second kappa shape index (κ2) is 8.22. The number of thiazole rings is 1. The van der Waals surface area contributed by atoms with Crippen molar-refractivity contribution in [3.05, 3.63) is 63.2 Å². The minimum Gasteiger partial charge on any atom is -0.322 e. The van der Waals surface area contributed by atoms with Crippen molar-refractivity contribution in [1.82, 2.24) is 4.98 Å². The van der Waals surface area contributed by atoms with E-state index in [0.29, 0.717) is 16.6 Å². The number of carbonyl (C=O) groups is 1. The van der Waals surface area contributed by atoms with Crippen molar-refractivity contribution in [3.63, 3.8) is 0 Å². The molecule has 3 rings (SSSR count). The molecule has 0 spiro atoms. The van der Waals surface area contributed by atoms with Gasteiger partial charge in [-0.3, -0.25) is 4.79 Å². The normalized spacial score (nSPS) is 11.7. The van der Waals surface area contributed by atoms with Gasteiger partial charge in [0, 0.05) is 28.8 Å². The van der Waals surface area contributed by atoms with Gasteiger partial charge in [0.25, 0.3) is 5.91 Å². The molecule has 1 heterocycles. The molecule has 5 nitrogen and oxygen atoms in total. The first-order valence-electron chi connectivity index (χ1n) is 8.62. The zero-order valence-corrected chi connectivity index (χ0v) is 18.3. The molecule has 0 aliphatic heterocycles. The average Bonchev–Trinajstić information content (AvgIpc) is 3.11. The van der Waals surface area contributed by atoms with Crippen LogP contribution in [0.4, 0.5) is 10.1 Å². The number of benzene rings is 2. The monoisotopic (exact) mass is 452 g/mol. The summed E-state index contributed by atoms with van der Waals surface area (Å²) in [6, 6.07) is 8.11. The summed E-state index contributed by atoms with van der Waals surface area (Å²) in [7, 11) is -3.56. The largest absolute Gasteiger partial charge is 0.322 e. The Bertz CT molecular complexity index is 1190. The maximum Gasteiger partial charge on any atom is 0.258 e. The van der Waals surface area contributed by atoms with Crippen LogP contribution in [0.5, 0.6) is 0 Å². The van der Waals surface area contributed by atoms with Crippen LogP contribution in [-0.4, -0.2) is 25.6 Å². The molecular weight excluding hydrogens is 435 g/mol. The fourth-order valence-corrected chi connectivity index (χ4v) is 4.33. The molecule has 0 fully saturated rings. The number of nitrogens with one attached hydrogen (secondary N) is 1. The Balaban J connectivity index is 1.82. The lowest BCUT2D eigenvalue weighted by atomic mass is 10.1. The maximum absolute atomic E-state index is 14.2. The summed E-state index contributed by atoms with van der Waals surface area (Å²) >= 11 is 7.91. The summed E-state index contributed by atoms with van der Waals surface area (Å²) in [4.78, 5) is 16.8. The summed E-state index contributed by atoms with van der Waals surface area (Å²) < 4.78 is 37.2. The highest BCUT2D eigenvalue weighted by molar-refractivity contribution is 7.90. The highest BCUT2D eigenvalue weighted by Gasteiger charge is 2.17. The van der Waals surface area contributed by atoms with Crippen molar-refractivity contribution in [2.45, 2.75) is 24.7 Å². The van der Waals surface area contributed by atoms with Gasteiger partial charge in [-0.15, -0.1) is 11.3 Å². The van der Waals surface area contributed by atoms with E-state index in [0.717, 1.165) is 34.7 Å². The Kier molecular flexibility index (Phi) is 6.07. The van der Waals surface area contributed by atoms with E-state index in [-0.39, 0.29) is 10.5 Å². The van der Waals surface area contributed by atoms with Gasteiger partial charge in [-0.05, 0) is 36.4 Å². The van der Waals surface area contributed by atoms with Crippen LogP contribution in [0.3, 0.4) is 0 Å². The molecule has 0 aliphatic carbocycles. The molecule has 0 bridgehead atoms. The lowest BCUT2D eigenvalue weighted by Crippen LogP contribution is -2.14. The molecule has 2 aromatic carbocycles. The molecular formula is C20H18ClFN2O3S2. The molecule has 0 radical (unpaired) electrons. The fraction of sp³-hybridized carbons (Fsp3) is 0.200. The van der Waals surface area contributed by atoms with Crippen LogP contribution in [0, 0.1) is 5.82 Å². The topological polar surface area (TPSA) is 76.1 Å². The van der Waals surface area contributed by atoms with Crippen molar-refractivity contribution in [3.8, 4) is 11.3 Å². The number of anilines is 1. The van der Waals surface area contributed by atoms with Crippen molar-refractivity contribution in [1.29, 1.82) is 0 Å². The first-order chi connectivity index (χ1) is 13.6. The molecule has 152 valence electrons. The second-order valence-electron chi connectivity index (χ2n) is 6.79. The average molecular weight is 453 g/mol. The number of aromatic nitrogens is 1. The van der Waals surface area contributed by atoms with Crippen molar-refractivity contribution < 1.29 is 17.6 Å². The number of halogens is 2. The Morgan fingerprint density at radius 1 is 1.21 bits per heavy atom. The van der Waals surface area contributed by atoms with E-state index in [4.69, 9.17) is 11.6 Å². The number of nitrogens with zero attached hydrogens (tertiary/aromatic N) is 1. The van der Waals surface area contributed by atoms with Crippen molar-refractivity contribution >= 4 is 44.4 Å². The van der Waals surface area contributed by atoms with E-state index < -0.39 is 21.6 Å². The van der Waals surface area contributed by atoms with Gasteiger partial charge in [0.05, 0.1) is 26.2 Å². The molecule has 29 heavy (non-hydrogen) atoms. The van der Waals surface area contributed by atoms with Gasteiger partial charge >= 0.3 is 0 Å². The smallest absolute Gasteiger partial charge is 0.258 e. The Labute approximate surface area is 177 Å². The summed E-state index contributed by atoms with van der Waals surface area (Å²) in [6.45, 7) is 4.12. The van der Waals surface area contributed by atoms with Gasteiger partial charge in [-0.1, -0.05) is 25.4 Å². The molecule has 1 N–H and O–H groups in total. The van der Waals surface area contributed by atoms with E-state index >= 15 is 0 Å². The molecule has 0 saturated carbocycles. The highest BCUT2D eigenvalue weighted by atomic mass is 35.5. The third-order valence-electron chi connectivity index (χ3n) is 4.13. The quantitative estimate of drug-likeness (QED) is 0.563. The van der Waals surface area contributed by atoms with Crippen LogP contribution < -0.4 is 5.32 Å². The van der Waals surface area contributed by atoms with Crippen LogP contribution in [0.2, 0.25) is 5.02 Å². The molecule has 0 saturated heterocycles. The van der Waals surface area contributed by atoms with Crippen molar-refractivity contribution in [2.75, 3.05) is 11.6 Å². The zero-order valence-electron chi connectivity index (χ0n) is 15.9. The number of carbonyl (C=O) groups excluding carboxylic acids is 1. The lowest BCUT2D eigenvalue weighted by Gasteiger charge is -2.09. The van der Waals surface area contributed by atoms with Crippen molar-refractivity contribution in [2.24, 2.45) is 0 Å². The van der Waals surface area contributed by atoms with Crippen LogP contribution in [0.15, 0.2) is 46.7 Å². The first-order valence-corrected chi connectivity index (χ1v) is 11.8. The predicted octanol–water partition coefficient (Wildman–Crippen LogP) is 5.38. The second-order valence-corrected chi connectivity index (χ2v) is 10.1. The third kappa shape index (κ3) is 4.83. The number of rotatable bonds is 5. The van der Waals surface area contributed by atoms with E-state index in [1.165, 1.54) is 6.07 Å². The standard InChI is InChI=1S/C20H18ClFN2O3S2/c1-11(2)20-24-18(10-28-20)14-6-4-12(8-16(14)21)23-19(25)15-7-5-13(9-17(15)22)29(3,26)27/h4-11H,1-3H3,(H,23,25). The van der Waals surface area contributed by atoms with E-state index in [2.05, 4.69) is 24.1 Å². The Hall–Kier alpha value is -2.29. The molecule has 3 aromatic rings. The molecule has 1 aromatic heterocycles. The highest BCUT2D eigenvalue weighted by Crippen LogP contribution is 2.33. The molecule has 1 amide bonds. The summed E-state index contributed by atoms with van der Waals surface area (Å²) in [5.74, 6) is -1.31. The maximum atomic E-state index is 14.2.